The van der Waals surface area contributed by atoms with Crippen LogP contribution in [-0.2, 0) is 6.54 Å². The van der Waals surface area contributed by atoms with Crippen molar-refractivity contribution in [2.24, 2.45) is 0 Å². The van der Waals surface area contributed by atoms with Gasteiger partial charge in [-0.2, -0.15) is 0 Å². The average molecular weight is 308 g/mol. The number of nitrogens with zero attached hydrogens (tertiary/aromatic N) is 2. The van der Waals surface area contributed by atoms with Gasteiger partial charge in [0, 0.05) is 18.7 Å². The summed E-state index contributed by atoms with van der Waals surface area (Å²) in [5.41, 5.74) is 0.580. The van der Waals surface area contributed by atoms with Crippen LogP contribution in [0.4, 0.5) is 11.5 Å². The van der Waals surface area contributed by atoms with Crippen molar-refractivity contribution in [3.8, 4) is 0 Å². The van der Waals surface area contributed by atoms with Gasteiger partial charge in [-0.05, 0) is 17.7 Å². The molecule has 0 spiro atoms. The van der Waals surface area contributed by atoms with Gasteiger partial charge < -0.3 is 10.4 Å². The van der Waals surface area contributed by atoms with Crippen molar-refractivity contribution in [3.63, 3.8) is 0 Å². The van der Waals surface area contributed by atoms with E-state index < -0.39 is 10.9 Å². The zero-order valence-electron chi connectivity index (χ0n) is 10.6. The molecule has 1 aromatic heterocycles. The Kier molecular flexibility index (Phi) is 4.34. The van der Waals surface area contributed by atoms with Gasteiger partial charge in [0.15, 0.2) is 5.69 Å². The molecule has 2 N–H and O–H groups in total. The lowest BCUT2D eigenvalue weighted by Crippen LogP contribution is -2.06. The first-order valence-electron chi connectivity index (χ1n) is 5.84. The zero-order valence-corrected chi connectivity index (χ0v) is 11.4. The number of non-ortho nitro benzene ring substituents is 1. The summed E-state index contributed by atoms with van der Waals surface area (Å²) in [6, 6.07) is 9.01. The molecule has 0 saturated heterocycles. The highest BCUT2D eigenvalue weighted by atomic mass is 35.5. The predicted octanol–water partition coefficient (Wildman–Crippen LogP) is 2.95. The van der Waals surface area contributed by atoms with Crippen molar-refractivity contribution >= 4 is 29.1 Å². The maximum Gasteiger partial charge on any atom is 0.356 e. The lowest BCUT2D eigenvalue weighted by atomic mass is 10.2. The van der Waals surface area contributed by atoms with Crippen molar-refractivity contribution in [2.75, 3.05) is 5.32 Å². The fourth-order valence-corrected chi connectivity index (χ4v) is 1.80. The van der Waals surface area contributed by atoms with Gasteiger partial charge in [-0.3, -0.25) is 10.1 Å². The molecule has 1 heterocycles. The van der Waals surface area contributed by atoms with Crippen LogP contribution in [0.1, 0.15) is 16.1 Å². The van der Waals surface area contributed by atoms with Gasteiger partial charge in [-0.25, -0.2) is 9.78 Å². The molecule has 2 rings (SSSR count). The molecule has 0 radical (unpaired) electrons. The lowest BCUT2D eigenvalue weighted by molar-refractivity contribution is -0.384. The molecule has 108 valence electrons. The third kappa shape index (κ3) is 3.67. The zero-order chi connectivity index (χ0) is 15.4. The van der Waals surface area contributed by atoms with Crippen LogP contribution in [0.3, 0.4) is 0 Å². The number of nitro benzene ring substituents is 1. The van der Waals surface area contributed by atoms with E-state index in [-0.39, 0.29) is 16.4 Å². The van der Waals surface area contributed by atoms with Gasteiger partial charge in [0.25, 0.3) is 5.69 Å². The van der Waals surface area contributed by atoms with Crippen LogP contribution in [0.2, 0.25) is 5.02 Å². The second kappa shape index (κ2) is 6.19. The minimum Gasteiger partial charge on any atom is -0.476 e. The van der Waals surface area contributed by atoms with E-state index in [9.17, 15) is 14.9 Å². The Morgan fingerprint density at radius 3 is 2.52 bits per heavy atom. The van der Waals surface area contributed by atoms with Gasteiger partial charge in [-0.1, -0.05) is 23.7 Å². The summed E-state index contributed by atoms with van der Waals surface area (Å²) in [6.07, 6.45) is 0. The summed E-state index contributed by atoms with van der Waals surface area (Å²) in [5.74, 6) is -0.853. The lowest BCUT2D eigenvalue weighted by Gasteiger charge is -2.07. The van der Waals surface area contributed by atoms with Crippen LogP contribution in [-0.4, -0.2) is 21.0 Å². The van der Waals surface area contributed by atoms with Crippen LogP contribution in [0.25, 0.3) is 0 Å². The first kappa shape index (κ1) is 14.7. The number of carboxylic acid groups (broad SMARTS) is 1. The standard InChI is InChI=1S/C13H10ClN3O4/c14-10-5-6-11(16-12(10)13(18)19)15-7-8-1-3-9(4-2-8)17(20)21/h1-6H,7H2,(H,15,16)(H,18,19). The maximum absolute atomic E-state index is 10.9. The highest BCUT2D eigenvalue weighted by Crippen LogP contribution is 2.18. The fourth-order valence-electron chi connectivity index (χ4n) is 1.62. The number of hydrogen-bond acceptors (Lipinski definition) is 5. The van der Waals surface area contributed by atoms with Crippen molar-refractivity contribution in [1.29, 1.82) is 0 Å². The summed E-state index contributed by atoms with van der Waals surface area (Å²) in [5, 5.41) is 22.4. The van der Waals surface area contributed by atoms with E-state index in [0.717, 1.165) is 5.56 Å². The molecule has 2 aromatic rings. The predicted molar refractivity (Wildman–Crippen MR) is 76.6 cm³/mol. The number of carboxylic acids is 1. The van der Waals surface area contributed by atoms with E-state index in [1.54, 1.807) is 18.2 Å². The quantitative estimate of drug-likeness (QED) is 0.650. The monoisotopic (exact) mass is 307 g/mol. The molecule has 0 aliphatic heterocycles. The number of rotatable bonds is 5. The Bertz CT molecular complexity index is 688. The number of halogens is 1. The van der Waals surface area contributed by atoms with Gasteiger partial charge in [0.2, 0.25) is 0 Å². The second-order valence-electron chi connectivity index (χ2n) is 4.11. The second-order valence-corrected chi connectivity index (χ2v) is 4.52. The van der Waals surface area contributed by atoms with Crippen molar-refractivity contribution in [1.82, 2.24) is 4.98 Å². The van der Waals surface area contributed by atoms with Crippen molar-refractivity contribution in [3.05, 3.63) is 62.8 Å². The molecule has 0 bridgehead atoms. The molecule has 21 heavy (non-hydrogen) atoms. The van der Waals surface area contributed by atoms with E-state index in [2.05, 4.69) is 10.3 Å². The molecule has 0 atom stereocenters. The Morgan fingerprint density at radius 1 is 1.29 bits per heavy atom. The summed E-state index contributed by atoms with van der Waals surface area (Å²) >= 11 is 5.72. The molecule has 0 aliphatic carbocycles. The van der Waals surface area contributed by atoms with Crippen molar-refractivity contribution < 1.29 is 14.8 Å². The highest BCUT2D eigenvalue weighted by Gasteiger charge is 2.11. The van der Waals surface area contributed by atoms with Gasteiger partial charge in [0.1, 0.15) is 5.82 Å². The van der Waals surface area contributed by atoms with Crippen LogP contribution >= 0.6 is 11.6 Å². The first-order chi connectivity index (χ1) is 9.97. The normalized spacial score (nSPS) is 10.1. The SMILES string of the molecule is O=C(O)c1nc(NCc2ccc([N+](=O)[O-])cc2)ccc1Cl. The Balaban J connectivity index is 2.07. The number of benzene rings is 1. The molecule has 0 fully saturated rings. The molecule has 0 saturated carbocycles. The largest absolute Gasteiger partial charge is 0.476 e. The number of carbonyl (C=O) groups is 1. The van der Waals surface area contributed by atoms with E-state index in [0.29, 0.717) is 12.4 Å². The summed E-state index contributed by atoms with van der Waals surface area (Å²) in [6.45, 7) is 0.353. The van der Waals surface area contributed by atoms with E-state index in [4.69, 9.17) is 16.7 Å². The van der Waals surface area contributed by atoms with E-state index in [1.807, 2.05) is 0 Å². The smallest absolute Gasteiger partial charge is 0.356 e. The molecule has 0 aliphatic rings. The Hall–Kier alpha value is -2.67. The Labute approximate surface area is 124 Å². The Morgan fingerprint density at radius 2 is 1.95 bits per heavy atom. The number of aromatic carboxylic acids is 1. The number of anilines is 1. The van der Waals surface area contributed by atoms with Crippen molar-refractivity contribution in [2.45, 2.75) is 6.54 Å². The van der Waals surface area contributed by atoms with Gasteiger partial charge >= 0.3 is 5.97 Å². The molecule has 0 unspecified atom stereocenters. The third-order valence-corrected chi connectivity index (χ3v) is 2.97. The van der Waals surface area contributed by atoms with E-state index in [1.165, 1.54) is 18.2 Å². The molecule has 8 heteroatoms. The topological polar surface area (TPSA) is 105 Å². The summed E-state index contributed by atoms with van der Waals surface area (Å²) in [7, 11) is 0. The number of nitrogens with one attached hydrogen (secondary N) is 1. The molecule has 1 aromatic carbocycles. The molecular formula is C13H10ClN3O4. The number of pyridine rings is 1. The van der Waals surface area contributed by atoms with Crippen LogP contribution in [0.5, 0.6) is 0 Å². The number of aromatic nitrogens is 1. The maximum atomic E-state index is 10.9. The van der Waals surface area contributed by atoms with Gasteiger partial charge in [0.05, 0.1) is 9.95 Å². The minimum absolute atomic E-state index is 0.0107. The number of nitro groups is 1. The summed E-state index contributed by atoms with van der Waals surface area (Å²) < 4.78 is 0. The molecule has 7 nitrogen and oxygen atoms in total. The van der Waals surface area contributed by atoms with Gasteiger partial charge in [-0.15, -0.1) is 0 Å². The van der Waals surface area contributed by atoms with Crippen LogP contribution in [0.15, 0.2) is 36.4 Å². The fraction of sp³-hybridized carbons (Fsp3) is 0.0769. The third-order valence-electron chi connectivity index (χ3n) is 2.67. The van der Waals surface area contributed by atoms with Crippen LogP contribution in [0, 0.1) is 10.1 Å². The molecule has 0 amide bonds. The van der Waals surface area contributed by atoms with Crippen LogP contribution < -0.4 is 5.32 Å². The first-order valence-corrected chi connectivity index (χ1v) is 6.22. The van der Waals surface area contributed by atoms with E-state index >= 15 is 0 Å². The number of hydrogen-bond donors (Lipinski definition) is 2. The minimum atomic E-state index is -1.21. The molecular weight excluding hydrogens is 298 g/mol. The highest BCUT2D eigenvalue weighted by molar-refractivity contribution is 6.33. The average Bonchev–Trinajstić information content (AvgIpc) is 2.46. The summed E-state index contributed by atoms with van der Waals surface area (Å²) in [4.78, 5) is 24.9.